The number of hydrogen-bond acceptors (Lipinski definition) is 3. The number of nitrogens with two attached hydrogens (primary N) is 1. The average Bonchev–Trinajstić information content (AvgIpc) is 2.85. The van der Waals surface area contributed by atoms with Gasteiger partial charge in [-0.3, -0.25) is 4.79 Å². The molecule has 1 aromatic rings. The maximum atomic E-state index is 11.2. The Morgan fingerprint density at radius 3 is 2.35 bits per heavy atom. The number of aliphatic carboxylic acids is 1. The van der Waals surface area contributed by atoms with Gasteiger partial charge in [-0.2, -0.15) is 0 Å². The Kier molecular flexibility index (Phi) is 2.52. The van der Waals surface area contributed by atoms with Gasteiger partial charge >= 0.3 is 5.97 Å². The van der Waals surface area contributed by atoms with Crippen molar-refractivity contribution in [3.05, 3.63) is 18.2 Å². The van der Waals surface area contributed by atoms with E-state index in [0.717, 1.165) is 17.8 Å². The Morgan fingerprint density at radius 2 is 1.85 bits per heavy atom. The van der Waals surface area contributed by atoms with Gasteiger partial charge in [-0.15, -0.1) is 0 Å². The Labute approximate surface area is 118 Å². The Balaban J connectivity index is 1.74. The quantitative estimate of drug-likeness (QED) is 0.882. The van der Waals surface area contributed by atoms with E-state index in [1.807, 2.05) is 6.20 Å². The minimum absolute atomic E-state index is 0.0909. The van der Waals surface area contributed by atoms with Gasteiger partial charge < -0.3 is 15.4 Å². The highest BCUT2D eigenvalue weighted by Crippen LogP contribution is 2.59. The third kappa shape index (κ3) is 1.65. The van der Waals surface area contributed by atoms with E-state index >= 15 is 0 Å². The van der Waals surface area contributed by atoms with Crippen LogP contribution >= 0.6 is 0 Å². The second-order valence-electron chi connectivity index (χ2n) is 7.11. The molecular weight excluding hydrogens is 254 g/mol. The molecule has 4 aliphatic rings. The van der Waals surface area contributed by atoms with Crippen LogP contribution < -0.4 is 5.73 Å². The minimum atomic E-state index is -1.02. The molecule has 5 heteroatoms. The highest BCUT2D eigenvalue weighted by atomic mass is 16.4. The number of rotatable bonds is 3. The molecule has 0 amide bonds. The lowest BCUT2D eigenvalue weighted by Crippen LogP contribution is -2.52. The monoisotopic (exact) mass is 275 g/mol. The molecule has 0 aromatic carbocycles. The Morgan fingerprint density at radius 1 is 1.30 bits per heavy atom. The number of imidazole rings is 1. The second-order valence-corrected chi connectivity index (χ2v) is 7.11. The summed E-state index contributed by atoms with van der Waals surface area (Å²) in [5.74, 6) is 1.98. The molecule has 5 rings (SSSR count). The fraction of sp³-hybridized carbons (Fsp3) is 0.733. The zero-order chi connectivity index (χ0) is 13.9. The first-order valence-corrected chi connectivity index (χ1v) is 7.59. The SMILES string of the molecule is NC(C(=O)O)c1nccn1C12CC3CC(CC(C3)C1)C2. The molecule has 0 spiro atoms. The summed E-state index contributed by atoms with van der Waals surface area (Å²) >= 11 is 0. The third-order valence-corrected chi connectivity index (χ3v) is 5.73. The molecular formula is C15H21N3O2. The van der Waals surface area contributed by atoms with Gasteiger partial charge in [0.2, 0.25) is 0 Å². The fourth-order valence-electron chi connectivity index (χ4n) is 5.42. The topological polar surface area (TPSA) is 81.1 Å². The summed E-state index contributed by atoms with van der Waals surface area (Å²) in [6.45, 7) is 0. The van der Waals surface area contributed by atoms with Crippen LogP contribution in [0.15, 0.2) is 12.4 Å². The summed E-state index contributed by atoms with van der Waals surface area (Å²) in [5, 5.41) is 9.18. The van der Waals surface area contributed by atoms with Crippen molar-refractivity contribution in [3.63, 3.8) is 0 Å². The molecule has 4 bridgehead atoms. The van der Waals surface area contributed by atoms with Crippen LogP contribution in [0.4, 0.5) is 0 Å². The lowest BCUT2D eigenvalue weighted by atomic mass is 9.53. The summed E-state index contributed by atoms with van der Waals surface area (Å²) < 4.78 is 2.12. The summed E-state index contributed by atoms with van der Waals surface area (Å²) in [4.78, 5) is 15.5. The molecule has 0 radical (unpaired) electrons. The van der Waals surface area contributed by atoms with E-state index in [2.05, 4.69) is 9.55 Å². The van der Waals surface area contributed by atoms with Gasteiger partial charge in [-0.25, -0.2) is 4.98 Å². The van der Waals surface area contributed by atoms with E-state index in [1.54, 1.807) is 6.20 Å². The van der Waals surface area contributed by atoms with Crippen LogP contribution in [0.1, 0.15) is 50.4 Å². The maximum Gasteiger partial charge on any atom is 0.328 e. The number of hydrogen-bond donors (Lipinski definition) is 2. The molecule has 5 nitrogen and oxygen atoms in total. The number of carboxylic acids is 1. The number of carboxylic acid groups (broad SMARTS) is 1. The molecule has 1 heterocycles. The number of nitrogens with zero attached hydrogens (tertiary/aromatic N) is 2. The van der Waals surface area contributed by atoms with Crippen LogP contribution in [0.2, 0.25) is 0 Å². The summed E-state index contributed by atoms with van der Waals surface area (Å²) in [5.41, 5.74) is 5.91. The highest BCUT2D eigenvalue weighted by molar-refractivity contribution is 5.74. The van der Waals surface area contributed by atoms with Crippen LogP contribution in [0.5, 0.6) is 0 Å². The molecule has 4 saturated carbocycles. The van der Waals surface area contributed by atoms with Crippen LogP contribution in [-0.2, 0) is 10.3 Å². The van der Waals surface area contributed by atoms with Gasteiger partial charge in [0.05, 0.1) is 0 Å². The van der Waals surface area contributed by atoms with Crippen molar-refractivity contribution in [1.82, 2.24) is 9.55 Å². The van der Waals surface area contributed by atoms with E-state index < -0.39 is 12.0 Å². The maximum absolute atomic E-state index is 11.2. The van der Waals surface area contributed by atoms with Gasteiger partial charge in [0, 0.05) is 17.9 Å². The second kappa shape index (κ2) is 4.07. The van der Waals surface area contributed by atoms with Gasteiger partial charge in [0.15, 0.2) is 6.04 Å². The highest BCUT2D eigenvalue weighted by Gasteiger charge is 2.52. The van der Waals surface area contributed by atoms with Crippen LogP contribution in [0.3, 0.4) is 0 Å². The summed E-state index contributed by atoms with van der Waals surface area (Å²) in [6, 6.07) is -1.02. The third-order valence-electron chi connectivity index (χ3n) is 5.73. The van der Waals surface area contributed by atoms with E-state index in [9.17, 15) is 9.90 Å². The fourth-order valence-corrected chi connectivity index (χ4v) is 5.42. The molecule has 1 aromatic heterocycles. The van der Waals surface area contributed by atoms with Gasteiger partial charge in [-0.1, -0.05) is 0 Å². The van der Waals surface area contributed by atoms with Crippen LogP contribution in [0, 0.1) is 17.8 Å². The van der Waals surface area contributed by atoms with Crippen molar-refractivity contribution in [2.24, 2.45) is 23.5 Å². The molecule has 108 valence electrons. The Hall–Kier alpha value is -1.36. The van der Waals surface area contributed by atoms with Gasteiger partial charge in [0.25, 0.3) is 0 Å². The zero-order valence-corrected chi connectivity index (χ0v) is 11.5. The first-order valence-electron chi connectivity index (χ1n) is 7.59. The van der Waals surface area contributed by atoms with E-state index in [0.29, 0.717) is 5.82 Å². The number of aromatic nitrogens is 2. The average molecular weight is 275 g/mol. The van der Waals surface area contributed by atoms with Crippen molar-refractivity contribution in [1.29, 1.82) is 0 Å². The zero-order valence-electron chi connectivity index (χ0n) is 11.5. The molecule has 1 unspecified atom stereocenters. The van der Waals surface area contributed by atoms with E-state index in [1.165, 1.54) is 38.5 Å². The normalized spacial score (nSPS) is 40.0. The summed E-state index contributed by atoms with van der Waals surface area (Å²) in [6.07, 6.45) is 11.3. The molecule has 20 heavy (non-hydrogen) atoms. The molecule has 0 aliphatic heterocycles. The van der Waals surface area contributed by atoms with Crippen LogP contribution in [-0.4, -0.2) is 20.6 Å². The minimum Gasteiger partial charge on any atom is -0.480 e. The predicted molar refractivity (Wildman–Crippen MR) is 72.9 cm³/mol. The smallest absolute Gasteiger partial charge is 0.328 e. The van der Waals surface area contributed by atoms with E-state index in [-0.39, 0.29) is 5.54 Å². The lowest BCUT2D eigenvalue weighted by molar-refractivity contribution is -0.139. The van der Waals surface area contributed by atoms with Crippen LogP contribution in [0.25, 0.3) is 0 Å². The number of carbonyl (C=O) groups is 1. The predicted octanol–water partition coefficient (Wildman–Crippen LogP) is 1.89. The molecule has 1 atom stereocenters. The van der Waals surface area contributed by atoms with E-state index in [4.69, 9.17) is 5.73 Å². The molecule has 3 N–H and O–H groups in total. The van der Waals surface area contributed by atoms with Gasteiger partial charge in [0.1, 0.15) is 5.82 Å². The van der Waals surface area contributed by atoms with Crippen molar-refractivity contribution in [3.8, 4) is 0 Å². The molecule has 4 fully saturated rings. The standard InChI is InChI=1S/C15H21N3O2/c16-12(14(19)20)13-17-1-2-18(13)15-6-9-3-10(7-15)5-11(4-9)8-15/h1-2,9-12H,3-8,16H2,(H,19,20). The Bertz CT molecular complexity index is 516. The largest absolute Gasteiger partial charge is 0.480 e. The van der Waals surface area contributed by atoms with Crippen molar-refractivity contribution >= 4 is 5.97 Å². The van der Waals surface area contributed by atoms with Crippen molar-refractivity contribution < 1.29 is 9.90 Å². The lowest BCUT2D eigenvalue weighted by Gasteiger charge is -2.57. The van der Waals surface area contributed by atoms with Crippen molar-refractivity contribution in [2.75, 3.05) is 0 Å². The van der Waals surface area contributed by atoms with Gasteiger partial charge in [-0.05, 0) is 56.3 Å². The summed E-state index contributed by atoms with van der Waals surface area (Å²) in [7, 11) is 0. The first kappa shape index (κ1) is 12.4. The first-order chi connectivity index (χ1) is 9.57. The molecule has 0 saturated heterocycles. The van der Waals surface area contributed by atoms with Crippen molar-refractivity contribution in [2.45, 2.75) is 50.1 Å². The molecule has 4 aliphatic carbocycles.